The van der Waals surface area contributed by atoms with Crippen molar-refractivity contribution in [2.75, 3.05) is 5.43 Å². The van der Waals surface area contributed by atoms with Gasteiger partial charge >= 0.3 is 0 Å². The number of nitrogens with zero attached hydrogens (tertiary/aromatic N) is 1. The van der Waals surface area contributed by atoms with Gasteiger partial charge in [-0.3, -0.25) is 25.4 Å². The molecule has 0 fully saturated rings. The lowest BCUT2D eigenvalue weighted by molar-refractivity contribution is -0.117. The molecule has 0 aliphatic carbocycles. The molecule has 1 heterocycles. The Balaban J connectivity index is 1.59. The van der Waals surface area contributed by atoms with Gasteiger partial charge in [-0.25, -0.2) is 0 Å². The first kappa shape index (κ1) is 22.3. The molecule has 0 saturated heterocycles. The number of hydrogen-bond donors (Lipinski definition) is 3. The summed E-state index contributed by atoms with van der Waals surface area (Å²) in [6.45, 7) is 0. The molecule has 0 bridgehead atoms. The van der Waals surface area contributed by atoms with Gasteiger partial charge in [0.2, 0.25) is 0 Å². The lowest BCUT2D eigenvalue weighted by Crippen LogP contribution is -2.37. The van der Waals surface area contributed by atoms with Crippen molar-refractivity contribution < 1.29 is 9.59 Å². The van der Waals surface area contributed by atoms with Crippen LogP contribution in [0.3, 0.4) is 0 Å². The summed E-state index contributed by atoms with van der Waals surface area (Å²) in [6.07, 6.45) is 3.12. The number of carbonyl (C=O) groups is 2. The zero-order valence-electron chi connectivity index (χ0n) is 17.2. The van der Waals surface area contributed by atoms with Crippen molar-refractivity contribution in [3.63, 3.8) is 0 Å². The van der Waals surface area contributed by atoms with Gasteiger partial charge in [0.05, 0.1) is 11.2 Å². The number of anilines is 1. The van der Waals surface area contributed by atoms with Crippen molar-refractivity contribution in [3.8, 4) is 0 Å². The lowest BCUT2D eigenvalue weighted by Gasteiger charge is -2.14. The Morgan fingerprint density at radius 3 is 2.42 bits per heavy atom. The predicted molar refractivity (Wildman–Crippen MR) is 132 cm³/mol. The summed E-state index contributed by atoms with van der Waals surface area (Å²) >= 11 is 12.3. The number of nitrogens with one attached hydrogen (secondary N) is 3. The highest BCUT2D eigenvalue weighted by Crippen LogP contribution is 2.24. The molecule has 3 N–H and O–H groups in total. The van der Waals surface area contributed by atoms with Crippen molar-refractivity contribution >= 4 is 57.7 Å². The third-order valence-corrected chi connectivity index (χ3v) is 5.33. The van der Waals surface area contributed by atoms with E-state index < -0.39 is 11.8 Å². The van der Waals surface area contributed by atoms with Crippen LogP contribution in [0, 0.1) is 0 Å². The topological polar surface area (TPSA) is 83.1 Å². The molecule has 33 heavy (non-hydrogen) atoms. The standard InChI is InChI=1S/C25H18Cl2N4O2/c26-18-10-11-19-21(12-13-28-22(19)15-18)30-31-25(33)23(14-17-8-4-5-9-20(17)27)29-24(32)16-6-2-1-3-7-16/h1-15H,(H,28,30)(H,29,32)(H,31,33)/b23-14-. The van der Waals surface area contributed by atoms with Crippen LogP contribution < -0.4 is 16.2 Å². The summed E-state index contributed by atoms with van der Waals surface area (Å²) < 4.78 is 0. The number of aromatic nitrogens is 1. The van der Waals surface area contributed by atoms with Gasteiger partial charge in [0, 0.05) is 27.2 Å². The maximum absolute atomic E-state index is 13.1. The van der Waals surface area contributed by atoms with Crippen molar-refractivity contribution in [2.45, 2.75) is 0 Å². The molecule has 8 heteroatoms. The van der Waals surface area contributed by atoms with Crippen LogP contribution in [0.4, 0.5) is 5.69 Å². The van der Waals surface area contributed by atoms with Gasteiger partial charge in [0.25, 0.3) is 11.8 Å². The van der Waals surface area contributed by atoms with Gasteiger partial charge in [0.1, 0.15) is 5.70 Å². The number of halogens is 2. The second-order valence-electron chi connectivity index (χ2n) is 7.00. The minimum Gasteiger partial charge on any atom is -0.317 e. The molecule has 0 aliphatic heterocycles. The molecular weight excluding hydrogens is 459 g/mol. The van der Waals surface area contributed by atoms with Crippen LogP contribution in [0.1, 0.15) is 15.9 Å². The zero-order valence-corrected chi connectivity index (χ0v) is 18.7. The van der Waals surface area contributed by atoms with E-state index in [1.54, 1.807) is 85.1 Å². The third-order valence-electron chi connectivity index (χ3n) is 4.75. The fourth-order valence-electron chi connectivity index (χ4n) is 3.11. The molecule has 4 rings (SSSR count). The van der Waals surface area contributed by atoms with E-state index in [4.69, 9.17) is 23.2 Å². The van der Waals surface area contributed by atoms with E-state index in [9.17, 15) is 9.59 Å². The van der Waals surface area contributed by atoms with Crippen LogP contribution in [0.15, 0.2) is 90.8 Å². The first-order valence-corrected chi connectivity index (χ1v) is 10.7. The normalized spacial score (nSPS) is 11.2. The molecule has 0 radical (unpaired) electrons. The Kier molecular flexibility index (Phi) is 6.88. The minimum atomic E-state index is -0.557. The summed E-state index contributed by atoms with van der Waals surface area (Å²) in [4.78, 5) is 30.0. The second kappa shape index (κ2) is 10.2. The van der Waals surface area contributed by atoms with Crippen LogP contribution >= 0.6 is 23.2 Å². The van der Waals surface area contributed by atoms with Crippen LogP contribution in [-0.2, 0) is 4.79 Å². The average Bonchev–Trinajstić information content (AvgIpc) is 2.83. The van der Waals surface area contributed by atoms with Crippen LogP contribution in [0.2, 0.25) is 10.0 Å². The Hall–Kier alpha value is -3.87. The fraction of sp³-hybridized carbons (Fsp3) is 0. The van der Waals surface area contributed by atoms with E-state index in [1.165, 1.54) is 6.08 Å². The van der Waals surface area contributed by atoms with Gasteiger partial charge < -0.3 is 5.32 Å². The van der Waals surface area contributed by atoms with Crippen LogP contribution in [0.5, 0.6) is 0 Å². The Morgan fingerprint density at radius 1 is 0.879 bits per heavy atom. The van der Waals surface area contributed by atoms with Gasteiger partial charge in [0.15, 0.2) is 0 Å². The first-order valence-electron chi connectivity index (χ1n) is 9.94. The molecule has 1 aromatic heterocycles. The molecule has 164 valence electrons. The maximum atomic E-state index is 13.1. The summed E-state index contributed by atoms with van der Waals surface area (Å²) in [6, 6.07) is 22.6. The molecule has 2 amide bonds. The molecule has 0 aliphatic rings. The predicted octanol–water partition coefficient (Wildman–Crippen LogP) is 5.46. The van der Waals surface area contributed by atoms with Gasteiger partial charge in [-0.05, 0) is 54.1 Å². The monoisotopic (exact) mass is 476 g/mol. The smallest absolute Gasteiger partial charge is 0.286 e. The highest BCUT2D eigenvalue weighted by Gasteiger charge is 2.15. The van der Waals surface area contributed by atoms with E-state index in [1.807, 2.05) is 0 Å². The molecule has 4 aromatic rings. The minimum absolute atomic E-state index is 0.0193. The summed E-state index contributed by atoms with van der Waals surface area (Å²) in [5.41, 5.74) is 7.83. The van der Waals surface area contributed by atoms with E-state index in [0.717, 1.165) is 5.39 Å². The Bertz CT molecular complexity index is 1360. The molecular formula is C25H18Cl2N4O2. The number of carbonyl (C=O) groups excluding carboxylic acids is 2. The molecule has 0 atom stereocenters. The SMILES string of the molecule is O=C(NNc1ccnc2cc(Cl)ccc12)/C(=C/c1ccccc1Cl)NC(=O)c1ccccc1. The third kappa shape index (κ3) is 5.49. The van der Waals surface area contributed by atoms with E-state index in [-0.39, 0.29) is 5.70 Å². The largest absolute Gasteiger partial charge is 0.317 e. The van der Waals surface area contributed by atoms with Crippen molar-refractivity contribution in [1.82, 2.24) is 15.7 Å². The Labute approximate surface area is 200 Å². The van der Waals surface area contributed by atoms with Crippen LogP contribution in [-0.4, -0.2) is 16.8 Å². The van der Waals surface area contributed by atoms with Gasteiger partial charge in [-0.1, -0.05) is 59.6 Å². The van der Waals surface area contributed by atoms with Crippen molar-refractivity contribution in [3.05, 3.63) is 112 Å². The fourth-order valence-corrected chi connectivity index (χ4v) is 3.47. The van der Waals surface area contributed by atoms with Crippen molar-refractivity contribution in [1.29, 1.82) is 0 Å². The van der Waals surface area contributed by atoms with Crippen LogP contribution in [0.25, 0.3) is 17.0 Å². The average molecular weight is 477 g/mol. The number of amides is 2. The van der Waals surface area contributed by atoms with Gasteiger partial charge in [-0.2, -0.15) is 0 Å². The molecule has 0 saturated carbocycles. The maximum Gasteiger partial charge on any atom is 0.286 e. The number of benzene rings is 3. The summed E-state index contributed by atoms with van der Waals surface area (Å²) in [5, 5.41) is 4.45. The summed E-state index contributed by atoms with van der Waals surface area (Å²) in [7, 11) is 0. The van der Waals surface area contributed by atoms with E-state index >= 15 is 0 Å². The van der Waals surface area contributed by atoms with E-state index in [2.05, 4.69) is 21.2 Å². The molecule has 3 aromatic carbocycles. The molecule has 0 spiro atoms. The van der Waals surface area contributed by atoms with Gasteiger partial charge in [-0.15, -0.1) is 0 Å². The second-order valence-corrected chi connectivity index (χ2v) is 7.84. The summed E-state index contributed by atoms with van der Waals surface area (Å²) in [5.74, 6) is -0.980. The Morgan fingerprint density at radius 2 is 1.64 bits per heavy atom. The van der Waals surface area contributed by atoms with Crippen molar-refractivity contribution in [2.24, 2.45) is 0 Å². The number of hydrazine groups is 1. The number of pyridine rings is 1. The lowest BCUT2D eigenvalue weighted by atomic mass is 10.1. The number of hydrogen-bond acceptors (Lipinski definition) is 4. The highest BCUT2D eigenvalue weighted by molar-refractivity contribution is 6.32. The number of fused-ring (bicyclic) bond motifs is 1. The molecule has 6 nitrogen and oxygen atoms in total. The first-order chi connectivity index (χ1) is 16.0. The molecule has 0 unspecified atom stereocenters. The highest BCUT2D eigenvalue weighted by atomic mass is 35.5. The van der Waals surface area contributed by atoms with E-state index in [0.29, 0.717) is 32.4 Å². The number of rotatable bonds is 6. The quantitative estimate of drug-likeness (QED) is 0.255. The zero-order chi connectivity index (χ0) is 23.2.